The molecule has 2 aromatic carbocycles. The van der Waals surface area contributed by atoms with Gasteiger partial charge in [0.05, 0.1) is 16.3 Å². The highest BCUT2D eigenvalue weighted by molar-refractivity contribution is 7.98. The van der Waals surface area contributed by atoms with Gasteiger partial charge in [0.1, 0.15) is 10.8 Å². The average molecular weight is 436 g/mol. The first-order chi connectivity index (χ1) is 14.6. The molecule has 0 aliphatic heterocycles. The zero-order valence-corrected chi connectivity index (χ0v) is 17.8. The smallest absolute Gasteiger partial charge is 0.257 e. The second kappa shape index (κ2) is 9.19. The first kappa shape index (κ1) is 20.3. The Bertz CT molecular complexity index is 1140. The van der Waals surface area contributed by atoms with E-state index >= 15 is 0 Å². The Morgan fingerprint density at radius 3 is 2.53 bits per heavy atom. The van der Waals surface area contributed by atoms with Crippen LogP contribution >= 0.6 is 23.1 Å². The predicted molar refractivity (Wildman–Crippen MR) is 120 cm³/mol. The third-order valence-electron chi connectivity index (χ3n) is 4.37. The van der Waals surface area contributed by atoms with Crippen LogP contribution in [0.1, 0.15) is 20.9 Å². The zero-order chi connectivity index (χ0) is 20.9. The number of amides is 1. The fraction of sp³-hybridized carbons (Fsp3) is 0.0870. The molecule has 4 rings (SSSR count). The lowest BCUT2D eigenvalue weighted by Gasteiger charge is -2.06. The van der Waals surface area contributed by atoms with E-state index in [1.165, 1.54) is 29.1 Å². The number of pyridine rings is 1. The molecule has 4 nitrogen and oxygen atoms in total. The molecule has 2 aromatic heterocycles. The lowest BCUT2D eigenvalue weighted by Crippen LogP contribution is -2.12. The van der Waals surface area contributed by atoms with Crippen molar-refractivity contribution in [3.63, 3.8) is 0 Å². The molecule has 0 saturated carbocycles. The number of nitrogens with one attached hydrogen (secondary N) is 1. The van der Waals surface area contributed by atoms with Crippen LogP contribution in [0.5, 0.6) is 0 Å². The van der Waals surface area contributed by atoms with Crippen molar-refractivity contribution in [3.05, 3.63) is 94.9 Å². The number of anilines is 1. The quantitative estimate of drug-likeness (QED) is 0.367. The van der Waals surface area contributed by atoms with Gasteiger partial charge in [-0.2, -0.15) is 0 Å². The summed E-state index contributed by atoms with van der Waals surface area (Å²) in [6, 6.07) is 19.4. The molecule has 0 unspecified atom stereocenters. The van der Waals surface area contributed by atoms with Crippen molar-refractivity contribution in [2.24, 2.45) is 0 Å². The Morgan fingerprint density at radius 1 is 1.07 bits per heavy atom. The molecule has 0 aliphatic rings. The van der Waals surface area contributed by atoms with Crippen molar-refractivity contribution >= 4 is 34.7 Å². The van der Waals surface area contributed by atoms with Crippen LogP contribution in [-0.2, 0) is 5.75 Å². The Balaban J connectivity index is 1.37. The van der Waals surface area contributed by atoms with Gasteiger partial charge >= 0.3 is 0 Å². The van der Waals surface area contributed by atoms with Crippen LogP contribution in [0, 0.1) is 12.7 Å². The summed E-state index contributed by atoms with van der Waals surface area (Å²) in [5.41, 5.74) is 3.14. The molecule has 0 fully saturated rings. The average Bonchev–Trinajstić information content (AvgIpc) is 3.15. The summed E-state index contributed by atoms with van der Waals surface area (Å²) < 4.78 is 13.0. The molecular formula is C23H18FN3OS2. The molecular weight excluding hydrogens is 417 g/mol. The molecule has 0 radical (unpaired) electrons. The largest absolute Gasteiger partial charge is 0.322 e. The molecule has 0 atom stereocenters. The highest BCUT2D eigenvalue weighted by Crippen LogP contribution is 2.32. The van der Waals surface area contributed by atoms with E-state index in [1.54, 1.807) is 35.4 Å². The minimum absolute atomic E-state index is 0.281. The first-order valence-electron chi connectivity index (χ1n) is 9.26. The van der Waals surface area contributed by atoms with Crippen LogP contribution < -0.4 is 5.32 Å². The maximum absolute atomic E-state index is 13.0. The van der Waals surface area contributed by atoms with Crippen LogP contribution in [0.2, 0.25) is 0 Å². The molecule has 4 aromatic rings. The molecule has 0 saturated heterocycles. The summed E-state index contributed by atoms with van der Waals surface area (Å²) in [6.45, 7) is 2.02. The van der Waals surface area contributed by atoms with Crippen molar-refractivity contribution in [3.8, 4) is 10.6 Å². The topological polar surface area (TPSA) is 54.9 Å². The van der Waals surface area contributed by atoms with Crippen molar-refractivity contribution in [2.45, 2.75) is 17.7 Å². The number of thiazole rings is 1. The lowest BCUT2D eigenvalue weighted by molar-refractivity contribution is 0.102. The van der Waals surface area contributed by atoms with Gasteiger partial charge in [-0.3, -0.25) is 4.79 Å². The fourth-order valence-electron chi connectivity index (χ4n) is 2.74. The van der Waals surface area contributed by atoms with E-state index in [4.69, 9.17) is 0 Å². The van der Waals surface area contributed by atoms with E-state index in [-0.39, 0.29) is 11.7 Å². The Morgan fingerprint density at radius 2 is 1.83 bits per heavy atom. The van der Waals surface area contributed by atoms with Gasteiger partial charge in [0.25, 0.3) is 5.91 Å². The number of aryl methyl sites for hydroxylation is 1. The number of carbonyl (C=O) groups excluding carboxylic acids is 1. The number of hydrogen-bond donors (Lipinski definition) is 1. The van der Waals surface area contributed by atoms with Crippen LogP contribution in [0.25, 0.3) is 10.6 Å². The van der Waals surface area contributed by atoms with Crippen molar-refractivity contribution in [1.82, 2.24) is 9.97 Å². The fourth-order valence-corrected chi connectivity index (χ4v) is 4.80. The van der Waals surface area contributed by atoms with Gasteiger partial charge in [0, 0.05) is 28.1 Å². The maximum Gasteiger partial charge on any atom is 0.257 e. The molecule has 1 N–H and O–H groups in total. The van der Waals surface area contributed by atoms with Gasteiger partial charge in [-0.25, -0.2) is 14.4 Å². The Hall–Kier alpha value is -3.03. The van der Waals surface area contributed by atoms with Crippen LogP contribution in [0.3, 0.4) is 0 Å². The molecule has 0 aliphatic carbocycles. The third kappa shape index (κ3) is 4.93. The van der Waals surface area contributed by atoms with E-state index in [0.29, 0.717) is 11.3 Å². The highest BCUT2D eigenvalue weighted by Gasteiger charge is 2.11. The Labute approximate surface area is 182 Å². The molecule has 30 heavy (non-hydrogen) atoms. The summed E-state index contributed by atoms with van der Waals surface area (Å²) in [7, 11) is 0. The number of aromatic nitrogens is 2. The first-order valence-corrected chi connectivity index (χ1v) is 11.1. The summed E-state index contributed by atoms with van der Waals surface area (Å²) in [6.07, 6.45) is 1.55. The second-order valence-electron chi connectivity index (χ2n) is 6.53. The number of thioether (sulfide) groups is 1. The van der Waals surface area contributed by atoms with Crippen LogP contribution in [0.4, 0.5) is 10.1 Å². The monoisotopic (exact) mass is 435 g/mol. The minimum Gasteiger partial charge on any atom is -0.322 e. The van der Waals surface area contributed by atoms with Gasteiger partial charge in [0.2, 0.25) is 0 Å². The normalized spacial score (nSPS) is 10.7. The molecule has 7 heteroatoms. The lowest BCUT2D eigenvalue weighted by atomic mass is 10.2. The Kier molecular flexibility index (Phi) is 6.21. The van der Waals surface area contributed by atoms with Crippen molar-refractivity contribution in [2.75, 3.05) is 5.32 Å². The maximum atomic E-state index is 13.0. The van der Waals surface area contributed by atoms with E-state index in [9.17, 15) is 9.18 Å². The van der Waals surface area contributed by atoms with Gasteiger partial charge in [-0.05, 0) is 43.3 Å². The van der Waals surface area contributed by atoms with Crippen molar-refractivity contribution in [1.29, 1.82) is 0 Å². The van der Waals surface area contributed by atoms with Crippen molar-refractivity contribution < 1.29 is 9.18 Å². The summed E-state index contributed by atoms with van der Waals surface area (Å²) in [5.74, 6) is 0.143. The van der Waals surface area contributed by atoms with Gasteiger partial charge in [-0.15, -0.1) is 23.1 Å². The van der Waals surface area contributed by atoms with E-state index in [0.717, 1.165) is 27.0 Å². The minimum atomic E-state index is -0.344. The van der Waals surface area contributed by atoms with E-state index < -0.39 is 0 Å². The van der Waals surface area contributed by atoms with Crippen LogP contribution in [0.15, 0.2) is 78.0 Å². The van der Waals surface area contributed by atoms with Gasteiger partial charge in [0.15, 0.2) is 0 Å². The summed E-state index contributed by atoms with van der Waals surface area (Å²) >= 11 is 3.30. The van der Waals surface area contributed by atoms with Gasteiger partial charge < -0.3 is 5.32 Å². The third-order valence-corrected chi connectivity index (χ3v) is 6.72. The number of rotatable bonds is 6. The molecule has 0 spiro atoms. The summed E-state index contributed by atoms with van der Waals surface area (Å²) in [5, 5.41) is 4.58. The van der Waals surface area contributed by atoms with Crippen LogP contribution in [-0.4, -0.2) is 15.9 Å². The number of benzene rings is 2. The molecule has 150 valence electrons. The predicted octanol–water partition coefficient (Wildman–Crippen LogP) is 6.20. The molecule has 1 amide bonds. The number of nitrogens with zero attached hydrogens (tertiary/aromatic N) is 2. The molecule has 2 heterocycles. The standard InChI is InChI=1S/C23H18FN3OS2/c1-15-20(30-23(26-15)16-5-3-2-4-6-16)14-29-21-12-7-17(13-25-21)22(28)27-19-10-8-18(24)9-11-19/h2-13H,14H2,1H3,(H,27,28). The SMILES string of the molecule is Cc1nc(-c2ccccc2)sc1CSc1ccc(C(=O)Nc2ccc(F)cc2)cn1. The van der Waals surface area contributed by atoms with E-state index in [1.807, 2.05) is 31.2 Å². The highest BCUT2D eigenvalue weighted by atomic mass is 32.2. The number of carbonyl (C=O) groups is 1. The zero-order valence-electron chi connectivity index (χ0n) is 16.1. The van der Waals surface area contributed by atoms with E-state index in [2.05, 4.69) is 27.4 Å². The van der Waals surface area contributed by atoms with Gasteiger partial charge in [-0.1, -0.05) is 30.3 Å². The molecule has 0 bridgehead atoms. The summed E-state index contributed by atoms with van der Waals surface area (Å²) in [4.78, 5) is 22.6. The second-order valence-corrected chi connectivity index (χ2v) is 8.61. The number of halogens is 1. The number of hydrogen-bond acceptors (Lipinski definition) is 5.